The smallest absolute Gasteiger partial charge is 0.248 e. The van der Waals surface area contributed by atoms with E-state index in [2.05, 4.69) is 37.1 Å². The van der Waals surface area contributed by atoms with E-state index in [4.69, 9.17) is 9.40 Å². The van der Waals surface area contributed by atoms with Gasteiger partial charge in [-0.1, -0.05) is 12.1 Å². The van der Waals surface area contributed by atoms with Crippen LogP contribution in [0.1, 0.15) is 25.0 Å². The quantitative estimate of drug-likeness (QED) is 0.417. The Hall–Kier alpha value is -3.60. The van der Waals surface area contributed by atoms with E-state index in [1.165, 1.54) is 6.08 Å². The molecule has 4 rings (SSSR count). The second-order valence-electron chi connectivity index (χ2n) is 7.24. The molecule has 0 saturated heterocycles. The number of carbonyl (C=O) groups is 1. The first-order valence-electron chi connectivity index (χ1n) is 10.2. The molecule has 5 nitrogen and oxygen atoms in total. The topological polar surface area (TPSA) is 58.4 Å². The summed E-state index contributed by atoms with van der Waals surface area (Å²) < 4.78 is 5.41. The van der Waals surface area contributed by atoms with Crippen molar-refractivity contribution in [2.24, 2.45) is 0 Å². The van der Waals surface area contributed by atoms with Crippen molar-refractivity contribution in [1.29, 1.82) is 0 Å². The maximum absolute atomic E-state index is 12.4. The molecule has 1 N–H and O–H groups in total. The van der Waals surface area contributed by atoms with E-state index in [1.807, 2.05) is 42.5 Å². The summed E-state index contributed by atoms with van der Waals surface area (Å²) in [7, 11) is 0. The highest BCUT2D eigenvalue weighted by molar-refractivity contribution is 6.03. The minimum absolute atomic E-state index is 0.181. The largest absolute Gasteiger partial charge is 0.464 e. The molecule has 0 unspecified atom stereocenters. The van der Waals surface area contributed by atoms with Gasteiger partial charge in [-0.05, 0) is 74.4 Å². The van der Waals surface area contributed by atoms with Crippen molar-refractivity contribution in [3.63, 3.8) is 0 Å². The Bertz CT molecular complexity index is 1240. The van der Waals surface area contributed by atoms with E-state index in [0.29, 0.717) is 0 Å². The molecule has 4 aromatic rings. The summed E-state index contributed by atoms with van der Waals surface area (Å²) in [6, 6.07) is 15.7. The summed E-state index contributed by atoms with van der Waals surface area (Å²) in [6.45, 7) is 8.17. The van der Waals surface area contributed by atoms with Crippen molar-refractivity contribution >= 4 is 45.4 Å². The van der Waals surface area contributed by atoms with Crippen LogP contribution < -0.4 is 10.2 Å². The second-order valence-corrected chi connectivity index (χ2v) is 7.24. The molecule has 30 heavy (non-hydrogen) atoms. The third kappa shape index (κ3) is 4.06. The standard InChI is InChI=1S/C25H25N3O2/c1-4-28(5-2)24-14-17(3)21-16-20(9-10-22(21)27-24)26-25(29)11-7-18-6-8-19-12-13-30-23(19)15-18/h6-16H,4-5H2,1-3H3,(H,26,29)/b11-7+. The second kappa shape index (κ2) is 8.41. The van der Waals surface area contributed by atoms with Crippen LogP contribution in [0.4, 0.5) is 11.5 Å². The minimum Gasteiger partial charge on any atom is -0.464 e. The first kappa shape index (κ1) is 19.7. The average molecular weight is 399 g/mol. The summed E-state index contributed by atoms with van der Waals surface area (Å²) in [5.74, 6) is 0.803. The lowest BCUT2D eigenvalue weighted by Gasteiger charge is -2.21. The van der Waals surface area contributed by atoms with Gasteiger partial charge in [-0.25, -0.2) is 4.98 Å². The highest BCUT2D eigenvalue weighted by Crippen LogP contribution is 2.25. The Morgan fingerprint density at radius 2 is 1.93 bits per heavy atom. The third-order valence-electron chi connectivity index (χ3n) is 5.26. The Morgan fingerprint density at radius 1 is 1.10 bits per heavy atom. The van der Waals surface area contributed by atoms with E-state index >= 15 is 0 Å². The maximum atomic E-state index is 12.4. The number of rotatable bonds is 6. The molecule has 2 aromatic heterocycles. The molecule has 2 heterocycles. The fourth-order valence-electron chi connectivity index (χ4n) is 3.59. The number of amides is 1. The molecular formula is C25H25N3O2. The van der Waals surface area contributed by atoms with Crippen LogP contribution in [0.5, 0.6) is 0 Å². The SMILES string of the molecule is CCN(CC)c1cc(C)c2cc(NC(=O)/C=C/c3ccc4ccoc4c3)ccc2n1. The van der Waals surface area contributed by atoms with Gasteiger partial charge in [0.25, 0.3) is 0 Å². The molecule has 1 amide bonds. The summed E-state index contributed by atoms with van der Waals surface area (Å²) in [4.78, 5) is 19.4. The van der Waals surface area contributed by atoms with Crippen LogP contribution in [-0.4, -0.2) is 24.0 Å². The Balaban J connectivity index is 1.52. The first-order chi connectivity index (χ1) is 14.6. The third-order valence-corrected chi connectivity index (χ3v) is 5.26. The number of aryl methyl sites for hydroxylation is 1. The molecule has 0 saturated carbocycles. The number of aromatic nitrogens is 1. The van der Waals surface area contributed by atoms with Crippen molar-refractivity contribution in [2.75, 3.05) is 23.3 Å². The van der Waals surface area contributed by atoms with E-state index in [0.717, 1.165) is 57.6 Å². The van der Waals surface area contributed by atoms with Crippen molar-refractivity contribution in [2.45, 2.75) is 20.8 Å². The fourth-order valence-corrected chi connectivity index (χ4v) is 3.59. The molecular weight excluding hydrogens is 374 g/mol. The minimum atomic E-state index is -0.181. The van der Waals surface area contributed by atoms with Crippen LogP contribution in [0.25, 0.3) is 27.9 Å². The van der Waals surface area contributed by atoms with Gasteiger partial charge in [0.15, 0.2) is 0 Å². The zero-order valence-corrected chi connectivity index (χ0v) is 17.5. The number of carbonyl (C=O) groups excluding carboxylic acids is 1. The van der Waals surface area contributed by atoms with Crippen molar-refractivity contribution in [3.05, 3.63) is 72.0 Å². The van der Waals surface area contributed by atoms with Crippen LogP contribution >= 0.6 is 0 Å². The van der Waals surface area contributed by atoms with Crippen molar-refractivity contribution in [3.8, 4) is 0 Å². The van der Waals surface area contributed by atoms with Crippen LogP contribution in [0.2, 0.25) is 0 Å². The van der Waals surface area contributed by atoms with Crippen LogP contribution in [0, 0.1) is 6.92 Å². The number of nitrogens with one attached hydrogen (secondary N) is 1. The lowest BCUT2D eigenvalue weighted by atomic mass is 10.1. The predicted octanol–water partition coefficient (Wildman–Crippen LogP) is 5.79. The van der Waals surface area contributed by atoms with Crippen molar-refractivity contribution in [1.82, 2.24) is 4.98 Å². The molecule has 2 aromatic carbocycles. The summed E-state index contributed by atoms with van der Waals surface area (Å²) in [6.07, 6.45) is 4.97. The first-order valence-corrected chi connectivity index (χ1v) is 10.2. The number of anilines is 2. The maximum Gasteiger partial charge on any atom is 0.248 e. The van der Waals surface area contributed by atoms with E-state index < -0.39 is 0 Å². The Kier molecular flexibility index (Phi) is 5.53. The van der Waals surface area contributed by atoms with Gasteiger partial charge >= 0.3 is 0 Å². The number of fused-ring (bicyclic) bond motifs is 2. The number of benzene rings is 2. The van der Waals surface area contributed by atoms with Gasteiger partial charge in [0.05, 0.1) is 11.8 Å². The fraction of sp³-hybridized carbons (Fsp3) is 0.200. The number of nitrogens with zero attached hydrogens (tertiary/aromatic N) is 2. The van der Waals surface area contributed by atoms with E-state index in [-0.39, 0.29) is 5.91 Å². The number of pyridine rings is 1. The summed E-state index contributed by atoms with van der Waals surface area (Å²) >= 11 is 0. The number of hydrogen-bond acceptors (Lipinski definition) is 4. The summed E-state index contributed by atoms with van der Waals surface area (Å²) in [5.41, 5.74) is 4.53. The molecule has 0 aliphatic rings. The highest BCUT2D eigenvalue weighted by Gasteiger charge is 2.09. The van der Waals surface area contributed by atoms with Crippen LogP contribution in [0.15, 0.2) is 65.3 Å². The van der Waals surface area contributed by atoms with Gasteiger partial charge in [-0.2, -0.15) is 0 Å². The molecule has 0 spiro atoms. The van der Waals surface area contributed by atoms with Gasteiger partial charge in [0.2, 0.25) is 5.91 Å². The van der Waals surface area contributed by atoms with Crippen LogP contribution in [0.3, 0.4) is 0 Å². The van der Waals surface area contributed by atoms with Gasteiger partial charge in [-0.15, -0.1) is 0 Å². The lowest BCUT2D eigenvalue weighted by molar-refractivity contribution is -0.111. The molecule has 0 radical (unpaired) electrons. The highest BCUT2D eigenvalue weighted by atomic mass is 16.3. The zero-order chi connectivity index (χ0) is 21.1. The normalized spacial score (nSPS) is 11.4. The summed E-state index contributed by atoms with van der Waals surface area (Å²) in [5, 5.41) is 5.02. The molecule has 0 aliphatic heterocycles. The van der Waals surface area contributed by atoms with Gasteiger partial charge < -0.3 is 14.6 Å². The Labute approximate surface area is 176 Å². The average Bonchev–Trinajstić information content (AvgIpc) is 3.21. The number of hydrogen-bond donors (Lipinski definition) is 1. The van der Waals surface area contributed by atoms with Gasteiger partial charge in [0, 0.05) is 35.6 Å². The molecule has 0 atom stereocenters. The number of furan rings is 1. The lowest BCUT2D eigenvalue weighted by Crippen LogP contribution is -2.23. The molecule has 5 heteroatoms. The van der Waals surface area contributed by atoms with E-state index in [9.17, 15) is 4.79 Å². The monoisotopic (exact) mass is 399 g/mol. The zero-order valence-electron chi connectivity index (χ0n) is 17.5. The molecule has 0 bridgehead atoms. The van der Waals surface area contributed by atoms with Crippen molar-refractivity contribution < 1.29 is 9.21 Å². The predicted molar refractivity (Wildman–Crippen MR) is 124 cm³/mol. The van der Waals surface area contributed by atoms with Crippen LogP contribution in [-0.2, 0) is 4.79 Å². The Morgan fingerprint density at radius 3 is 2.73 bits per heavy atom. The molecule has 0 aliphatic carbocycles. The van der Waals surface area contributed by atoms with E-state index in [1.54, 1.807) is 12.3 Å². The molecule has 152 valence electrons. The molecule has 0 fully saturated rings. The van der Waals surface area contributed by atoms with Gasteiger partial charge in [0.1, 0.15) is 11.4 Å². The van der Waals surface area contributed by atoms with Gasteiger partial charge in [-0.3, -0.25) is 4.79 Å².